The number of hydrogen-bond donors (Lipinski definition) is 0. The van der Waals surface area contributed by atoms with Gasteiger partial charge >= 0.3 is 0 Å². The maximum atomic E-state index is 12.2. The molecule has 108 valence electrons. The molecule has 0 saturated carbocycles. The van der Waals surface area contributed by atoms with Crippen LogP contribution in [0.2, 0.25) is 0 Å². The molecule has 1 aliphatic rings. The Labute approximate surface area is 121 Å². The first-order chi connectivity index (χ1) is 10.0. The predicted molar refractivity (Wildman–Crippen MR) is 76.5 cm³/mol. The van der Waals surface area contributed by atoms with Gasteiger partial charge in [0.15, 0.2) is 0 Å². The number of ketones is 1. The molecule has 0 spiro atoms. The largest absolute Gasteiger partial charge is 0.497 e. The second kappa shape index (κ2) is 4.73. The molecule has 2 aromatic rings. The summed E-state index contributed by atoms with van der Waals surface area (Å²) in [7, 11) is 3.37. The van der Waals surface area contributed by atoms with Gasteiger partial charge in [0.2, 0.25) is 0 Å². The molecule has 0 aliphatic carbocycles. The minimum atomic E-state index is -0.517. The first kappa shape index (κ1) is 13.4. The summed E-state index contributed by atoms with van der Waals surface area (Å²) in [4.78, 5) is 25.7. The fraction of sp³-hybridized carbons (Fsp3) is 0.267. The number of carbonyl (C=O) groups is 2. The zero-order chi connectivity index (χ0) is 15.1. The molecule has 0 bridgehead atoms. The van der Waals surface area contributed by atoms with Gasteiger partial charge in [-0.2, -0.15) is 5.10 Å². The monoisotopic (exact) mass is 285 g/mol. The molecule has 0 N–H and O–H groups in total. The van der Waals surface area contributed by atoms with Crippen molar-refractivity contribution >= 4 is 17.4 Å². The third-order valence-corrected chi connectivity index (χ3v) is 3.60. The van der Waals surface area contributed by atoms with Crippen LogP contribution in [0.15, 0.2) is 24.3 Å². The molecule has 6 heteroatoms. The minimum absolute atomic E-state index is 0.308. The number of nitrogens with zero attached hydrogens (tertiary/aromatic N) is 3. The summed E-state index contributed by atoms with van der Waals surface area (Å²) in [6.07, 6.45) is 0. The number of Topliss-reactive ketones (excluding diaryl/α,β-unsaturated/α-hetero) is 1. The highest BCUT2D eigenvalue weighted by Gasteiger charge is 2.36. The van der Waals surface area contributed by atoms with E-state index in [0.29, 0.717) is 23.5 Å². The van der Waals surface area contributed by atoms with Gasteiger partial charge in [-0.05, 0) is 25.1 Å². The van der Waals surface area contributed by atoms with Gasteiger partial charge < -0.3 is 4.74 Å². The van der Waals surface area contributed by atoms with Gasteiger partial charge in [-0.3, -0.25) is 19.2 Å². The maximum Gasteiger partial charge on any atom is 0.299 e. The summed E-state index contributed by atoms with van der Waals surface area (Å²) >= 11 is 0. The number of hydrogen-bond acceptors (Lipinski definition) is 4. The molecule has 0 unspecified atom stereocenters. The lowest BCUT2D eigenvalue weighted by Crippen LogP contribution is -2.30. The minimum Gasteiger partial charge on any atom is -0.497 e. The number of methoxy groups -OCH3 is 1. The zero-order valence-corrected chi connectivity index (χ0v) is 12.1. The van der Waals surface area contributed by atoms with Gasteiger partial charge in [0, 0.05) is 13.1 Å². The predicted octanol–water partition coefficient (Wildman–Crippen LogP) is 1.47. The standard InChI is InChI=1S/C15H15N3O3/c1-9-6-10(17(2)16-9)8-18-13-7-11(21-3)4-5-12(13)14(19)15(18)20/h4-7H,8H2,1-3H3. The summed E-state index contributed by atoms with van der Waals surface area (Å²) in [5.41, 5.74) is 2.74. The van der Waals surface area contributed by atoms with Crippen LogP contribution >= 0.6 is 0 Å². The average Bonchev–Trinajstić information content (AvgIpc) is 2.91. The number of aromatic nitrogens is 2. The Bertz CT molecular complexity index is 749. The fourth-order valence-corrected chi connectivity index (χ4v) is 2.53. The zero-order valence-electron chi connectivity index (χ0n) is 12.1. The van der Waals surface area contributed by atoms with Gasteiger partial charge in [0.05, 0.1) is 36.3 Å². The van der Waals surface area contributed by atoms with Crippen LogP contribution in [0.1, 0.15) is 21.7 Å². The van der Waals surface area contributed by atoms with Gasteiger partial charge in [0.1, 0.15) is 5.75 Å². The van der Waals surface area contributed by atoms with Crippen LogP contribution in [0.25, 0.3) is 0 Å². The molecule has 0 radical (unpaired) electrons. The molecule has 1 aromatic heterocycles. The summed E-state index contributed by atoms with van der Waals surface area (Å²) in [5.74, 6) is -0.383. The van der Waals surface area contributed by atoms with Crippen LogP contribution in [0, 0.1) is 6.92 Å². The number of anilines is 1. The van der Waals surface area contributed by atoms with E-state index in [1.54, 1.807) is 30.0 Å². The van der Waals surface area contributed by atoms with E-state index in [-0.39, 0.29) is 0 Å². The van der Waals surface area contributed by atoms with E-state index >= 15 is 0 Å². The second-order valence-corrected chi connectivity index (χ2v) is 5.00. The van der Waals surface area contributed by atoms with Gasteiger partial charge in [0.25, 0.3) is 11.7 Å². The van der Waals surface area contributed by atoms with Crippen molar-refractivity contribution in [3.8, 4) is 5.75 Å². The molecule has 1 aliphatic heterocycles. The quantitative estimate of drug-likeness (QED) is 0.801. The van der Waals surface area contributed by atoms with Crippen molar-refractivity contribution in [2.45, 2.75) is 13.5 Å². The SMILES string of the molecule is COc1ccc2c(c1)N(Cc1cc(C)nn1C)C(=O)C2=O. The lowest BCUT2D eigenvalue weighted by atomic mass is 10.1. The van der Waals surface area contributed by atoms with Crippen LogP contribution in [-0.4, -0.2) is 28.6 Å². The van der Waals surface area contributed by atoms with Crippen LogP contribution in [0.3, 0.4) is 0 Å². The van der Waals surface area contributed by atoms with Crippen LogP contribution < -0.4 is 9.64 Å². The summed E-state index contributed by atoms with van der Waals surface area (Å²) in [5, 5.41) is 4.26. The first-order valence-corrected chi connectivity index (χ1v) is 6.55. The van der Waals surface area contributed by atoms with E-state index in [2.05, 4.69) is 5.10 Å². The number of ether oxygens (including phenoxy) is 1. The van der Waals surface area contributed by atoms with Crippen molar-refractivity contribution in [2.75, 3.05) is 12.0 Å². The number of fused-ring (bicyclic) bond motifs is 1. The van der Waals surface area contributed by atoms with Gasteiger partial charge in [-0.15, -0.1) is 0 Å². The summed E-state index contributed by atoms with van der Waals surface area (Å²) in [6.45, 7) is 2.19. The molecule has 3 rings (SSSR count). The van der Waals surface area contributed by atoms with Crippen molar-refractivity contribution in [3.63, 3.8) is 0 Å². The number of aryl methyl sites for hydroxylation is 2. The van der Waals surface area contributed by atoms with Crippen LogP contribution in [0.4, 0.5) is 5.69 Å². The normalized spacial score (nSPS) is 13.8. The highest BCUT2D eigenvalue weighted by molar-refractivity contribution is 6.52. The van der Waals surface area contributed by atoms with E-state index in [9.17, 15) is 9.59 Å². The molecule has 6 nitrogen and oxygen atoms in total. The van der Waals surface area contributed by atoms with Gasteiger partial charge in [-0.25, -0.2) is 0 Å². The topological polar surface area (TPSA) is 64.4 Å². The van der Waals surface area contributed by atoms with E-state index in [1.165, 1.54) is 4.90 Å². The number of rotatable bonds is 3. The molecular weight excluding hydrogens is 270 g/mol. The van der Waals surface area contributed by atoms with Crippen LogP contribution in [-0.2, 0) is 18.4 Å². The maximum absolute atomic E-state index is 12.2. The number of amides is 1. The molecule has 1 aromatic carbocycles. The lowest BCUT2D eigenvalue weighted by molar-refractivity contribution is -0.114. The molecule has 1 amide bonds. The van der Waals surface area contributed by atoms with Crippen molar-refractivity contribution in [3.05, 3.63) is 41.2 Å². The van der Waals surface area contributed by atoms with E-state index in [4.69, 9.17) is 4.74 Å². The molecule has 0 atom stereocenters. The second-order valence-electron chi connectivity index (χ2n) is 5.00. The van der Waals surface area contributed by atoms with E-state index < -0.39 is 11.7 Å². The van der Waals surface area contributed by atoms with Crippen molar-refractivity contribution in [2.24, 2.45) is 7.05 Å². The van der Waals surface area contributed by atoms with Gasteiger partial charge in [-0.1, -0.05) is 0 Å². The summed E-state index contributed by atoms with van der Waals surface area (Å²) < 4.78 is 6.88. The Hall–Kier alpha value is -2.63. The highest BCUT2D eigenvalue weighted by atomic mass is 16.5. The third kappa shape index (κ3) is 2.08. The van der Waals surface area contributed by atoms with E-state index in [1.807, 2.05) is 20.0 Å². The Morgan fingerprint density at radius 2 is 2.00 bits per heavy atom. The summed E-state index contributed by atoms with van der Waals surface area (Å²) in [6, 6.07) is 6.92. The van der Waals surface area contributed by atoms with Crippen molar-refractivity contribution < 1.29 is 14.3 Å². The third-order valence-electron chi connectivity index (χ3n) is 3.60. The first-order valence-electron chi connectivity index (χ1n) is 6.55. The Balaban J connectivity index is 2.02. The van der Waals surface area contributed by atoms with Crippen LogP contribution in [0.5, 0.6) is 5.75 Å². The molecule has 2 heterocycles. The molecule has 0 saturated heterocycles. The molecule has 0 fully saturated rings. The average molecular weight is 285 g/mol. The lowest BCUT2D eigenvalue weighted by Gasteiger charge is -2.17. The number of carbonyl (C=O) groups excluding carboxylic acids is 2. The molecule has 21 heavy (non-hydrogen) atoms. The smallest absolute Gasteiger partial charge is 0.299 e. The Morgan fingerprint density at radius 1 is 1.24 bits per heavy atom. The fourth-order valence-electron chi connectivity index (χ4n) is 2.53. The van der Waals surface area contributed by atoms with E-state index in [0.717, 1.165) is 11.4 Å². The van der Waals surface area contributed by atoms with Crippen molar-refractivity contribution in [1.29, 1.82) is 0 Å². The molecular formula is C15H15N3O3. The Kier molecular flexibility index (Phi) is 3.01. The van der Waals surface area contributed by atoms with Crippen molar-refractivity contribution in [1.82, 2.24) is 9.78 Å². The highest BCUT2D eigenvalue weighted by Crippen LogP contribution is 2.33. The Morgan fingerprint density at radius 3 is 2.62 bits per heavy atom. The number of benzene rings is 1.